The summed E-state index contributed by atoms with van der Waals surface area (Å²) in [5.41, 5.74) is 10.7. The molecule has 73 heavy (non-hydrogen) atoms. The number of ether oxygens (including phenoxy) is 1. The molecule has 0 saturated carbocycles. The summed E-state index contributed by atoms with van der Waals surface area (Å²) in [5, 5.41) is 2.14. The van der Waals surface area contributed by atoms with Crippen molar-refractivity contribution in [1.29, 1.82) is 0 Å². The van der Waals surface area contributed by atoms with Gasteiger partial charge >= 0.3 is 0 Å². The second-order valence-corrected chi connectivity index (χ2v) is 20.7. The van der Waals surface area contributed by atoms with E-state index in [1.54, 1.807) is 18.2 Å². The summed E-state index contributed by atoms with van der Waals surface area (Å²) in [7, 11) is 0. The monoisotopic (exact) mass is 952 g/mol. The number of fused-ring (bicyclic) bond motifs is 10. The molecule has 0 bridgehead atoms. The summed E-state index contributed by atoms with van der Waals surface area (Å²) < 4.78 is 103. The van der Waals surface area contributed by atoms with Crippen LogP contribution in [-0.4, -0.2) is 14.1 Å². The molecule has 3 aromatic heterocycles. The van der Waals surface area contributed by atoms with E-state index in [1.165, 1.54) is 0 Å². The van der Waals surface area contributed by atoms with Gasteiger partial charge in [0.15, 0.2) is 0 Å². The summed E-state index contributed by atoms with van der Waals surface area (Å²) in [6.07, 6.45) is 5.63. The van der Waals surface area contributed by atoms with Crippen LogP contribution in [0.1, 0.15) is 66.4 Å². The molecule has 5 nitrogen and oxygen atoms in total. The molecule has 0 atom stereocenters. The Hall–Kier alpha value is -8.80. The van der Waals surface area contributed by atoms with Crippen LogP contribution in [-0.2, 0) is 10.8 Å². The quantitative estimate of drug-likeness (QED) is 0.123. The number of aromatic nitrogens is 4. The highest BCUT2D eigenvalue weighted by Crippen LogP contribution is 2.49. The average molecular weight is 953 g/mol. The van der Waals surface area contributed by atoms with Crippen molar-refractivity contribution < 1.29 is 23.0 Å². The highest BCUT2D eigenvalue weighted by Gasteiger charge is 2.30. The molecule has 352 valence electrons. The predicted octanol–water partition coefficient (Wildman–Crippen LogP) is 17.2. The van der Waals surface area contributed by atoms with Gasteiger partial charge < -0.3 is 4.74 Å². The van der Waals surface area contributed by atoms with Crippen LogP contribution >= 0.6 is 0 Å². The molecule has 4 heterocycles. The molecule has 1 aliphatic heterocycles. The number of hydrogen-bond donors (Lipinski definition) is 0. The Morgan fingerprint density at radius 2 is 1.11 bits per heavy atom. The predicted molar refractivity (Wildman–Crippen MR) is 300 cm³/mol. The summed E-state index contributed by atoms with van der Waals surface area (Å²) in [4.78, 5) is 4.89. The summed E-state index contributed by atoms with van der Waals surface area (Å²) in [6, 6.07) is 44.9. The number of pyridine rings is 1. The van der Waals surface area contributed by atoms with Crippen molar-refractivity contribution in [2.75, 3.05) is 0 Å². The lowest BCUT2D eigenvalue weighted by Crippen LogP contribution is -2.32. The van der Waals surface area contributed by atoms with E-state index in [1.807, 2.05) is 106 Å². The number of nitrogens with zero attached hydrogens (tertiary/aromatic N) is 4. The molecule has 12 aromatic rings. The van der Waals surface area contributed by atoms with E-state index in [2.05, 4.69) is 94.9 Å². The Kier molecular flexibility index (Phi) is 8.00. The second-order valence-electron chi connectivity index (χ2n) is 20.7. The zero-order valence-electron chi connectivity index (χ0n) is 51.2. The number of rotatable bonds is 6. The van der Waals surface area contributed by atoms with Crippen LogP contribution in [0.15, 0.2) is 218 Å². The SMILES string of the molecule is [2H]c1c([2H])c([2H])c(-c2cccc3c2-c2cccc(-c4c([2H])c([2H])c([2H])c([2H])c4[2H])c2-[n+]2[c-]n(-c4cccc(Oc5ccc6c7ccccc7n(-c7cc(C(C)(C)C)ccn7)c6c5)c4)c4cc(C(C)(C)C)cc(c42)-c2ccccc2-3)c([2H])c1[2H]. The Labute approximate surface area is 440 Å². The minimum absolute atomic E-state index is 0.0168. The van der Waals surface area contributed by atoms with Crippen LogP contribution in [0, 0.1) is 6.33 Å². The van der Waals surface area contributed by atoms with Gasteiger partial charge in [0, 0.05) is 23.0 Å². The van der Waals surface area contributed by atoms with E-state index in [0.717, 1.165) is 61.0 Å². The molecule has 0 spiro atoms. The van der Waals surface area contributed by atoms with Gasteiger partial charge in [0.2, 0.25) is 0 Å². The van der Waals surface area contributed by atoms with Crippen LogP contribution in [0.25, 0.3) is 106 Å². The average Bonchev–Trinajstić information content (AvgIpc) is 3.44. The lowest BCUT2D eigenvalue weighted by molar-refractivity contribution is -0.570. The van der Waals surface area contributed by atoms with Gasteiger partial charge in [-0.2, -0.15) is 0 Å². The Bertz CT molecular complexity index is 4700. The molecule has 0 aliphatic carbocycles. The van der Waals surface area contributed by atoms with Gasteiger partial charge in [0.25, 0.3) is 6.33 Å². The van der Waals surface area contributed by atoms with E-state index in [4.69, 9.17) is 17.9 Å². The molecule has 9 aromatic carbocycles. The highest BCUT2D eigenvalue weighted by molar-refractivity contribution is 6.10. The molecular weight excluding hydrogens is 889 g/mol. The van der Waals surface area contributed by atoms with Crippen molar-refractivity contribution in [1.82, 2.24) is 14.1 Å². The van der Waals surface area contributed by atoms with Crippen molar-refractivity contribution in [2.45, 2.75) is 52.4 Å². The summed E-state index contributed by atoms with van der Waals surface area (Å²) >= 11 is 0. The standard InChI is InChI=1S/C68H54N4O/c1-67(2,3)46-36-37-69-63(40-46)72-60-33-16-15-28-55(60)56-35-34-50(42-61(56)72)73-49-25-17-24-48(41-49)70-43-71-65-52(45-22-11-8-12-23-45)30-19-32-58(65)64-51(44-20-9-7-10-21-44)29-18-31-57(64)53-26-13-14-27-54(53)59-38-47(68(4,5)6)39-62(70)66(59)71/h7-42H,1-6H3/i7D,8D,9D,10D,11D,12D,20D,21D,22D,23D. The van der Waals surface area contributed by atoms with Crippen LogP contribution in [0.4, 0.5) is 0 Å². The Balaban J connectivity index is 1.10. The van der Waals surface area contributed by atoms with Gasteiger partial charge in [-0.1, -0.05) is 193 Å². The first-order chi connectivity index (χ1) is 39.6. The first-order valence-electron chi connectivity index (χ1n) is 29.5. The van der Waals surface area contributed by atoms with Gasteiger partial charge in [-0.25, -0.2) is 4.98 Å². The van der Waals surface area contributed by atoms with E-state index >= 15 is 0 Å². The molecular formula is C68H54N4O. The molecule has 13 rings (SSSR count). The maximum absolute atomic E-state index is 9.46. The summed E-state index contributed by atoms with van der Waals surface area (Å²) in [5.74, 6) is 1.94. The zero-order valence-corrected chi connectivity index (χ0v) is 41.2. The van der Waals surface area contributed by atoms with Gasteiger partial charge in [-0.15, -0.1) is 0 Å². The molecule has 0 unspecified atom stereocenters. The van der Waals surface area contributed by atoms with Crippen LogP contribution in [0.3, 0.4) is 0 Å². The molecule has 0 amide bonds. The zero-order chi connectivity index (χ0) is 58.3. The maximum Gasteiger partial charge on any atom is 0.269 e. The van der Waals surface area contributed by atoms with Gasteiger partial charge in [-0.3, -0.25) is 13.7 Å². The second kappa shape index (κ2) is 16.9. The van der Waals surface area contributed by atoms with Crippen LogP contribution in [0.5, 0.6) is 11.5 Å². The van der Waals surface area contributed by atoms with Crippen molar-refractivity contribution in [3.05, 3.63) is 236 Å². The molecule has 0 radical (unpaired) electrons. The third-order valence-electron chi connectivity index (χ3n) is 14.1. The smallest absolute Gasteiger partial charge is 0.269 e. The van der Waals surface area contributed by atoms with E-state index in [-0.39, 0.29) is 34.2 Å². The van der Waals surface area contributed by atoms with Crippen molar-refractivity contribution >= 4 is 32.8 Å². The number of imidazole rings is 1. The largest absolute Gasteiger partial charge is 0.458 e. The third-order valence-corrected chi connectivity index (χ3v) is 14.1. The lowest BCUT2D eigenvalue weighted by Gasteiger charge is -2.22. The minimum atomic E-state index is -0.538. The first kappa shape index (κ1) is 34.5. The van der Waals surface area contributed by atoms with Gasteiger partial charge in [0.05, 0.1) is 47.1 Å². The normalized spacial score (nSPS) is 14.2. The van der Waals surface area contributed by atoms with Crippen LogP contribution in [0.2, 0.25) is 0 Å². The van der Waals surface area contributed by atoms with Crippen molar-refractivity contribution in [3.8, 4) is 84.3 Å². The fourth-order valence-corrected chi connectivity index (χ4v) is 10.5. The Morgan fingerprint density at radius 1 is 0.493 bits per heavy atom. The molecule has 0 saturated heterocycles. The molecule has 1 aliphatic rings. The topological polar surface area (TPSA) is 35.9 Å². The fraction of sp³-hybridized carbons (Fsp3) is 0.118. The number of para-hydroxylation sites is 2. The minimum Gasteiger partial charge on any atom is -0.458 e. The molecule has 0 fully saturated rings. The number of benzene rings is 9. The van der Waals surface area contributed by atoms with Crippen LogP contribution < -0.4 is 9.30 Å². The van der Waals surface area contributed by atoms with Crippen molar-refractivity contribution in [2.24, 2.45) is 0 Å². The van der Waals surface area contributed by atoms with E-state index in [0.29, 0.717) is 50.6 Å². The van der Waals surface area contributed by atoms with E-state index < -0.39 is 53.8 Å². The number of hydrogen-bond acceptors (Lipinski definition) is 2. The van der Waals surface area contributed by atoms with E-state index in [9.17, 15) is 5.48 Å². The Morgan fingerprint density at radius 3 is 1.86 bits per heavy atom. The summed E-state index contributed by atoms with van der Waals surface area (Å²) in [6.45, 7) is 13.0. The fourth-order valence-electron chi connectivity index (χ4n) is 10.5. The van der Waals surface area contributed by atoms with Crippen molar-refractivity contribution in [3.63, 3.8) is 0 Å². The molecule has 0 N–H and O–H groups in total. The lowest BCUT2D eigenvalue weighted by atomic mass is 9.82. The maximum atomic E-state index is 9.46. The third kappa shape index (κ3) is 7.45. The van der Waals surface area contributed by atoms with Gasteiger partial charge in [0.1, 0.15) is 17.3 Å². The highest BCUT2D eigenvalue weighted by atomic mass is 16.5. The first-order valence-corrected chi connectivity index (χ1v) is 24.5. The van der Waals surface area contributed by atoms with Gasteiger partial charge in [-0.05, 0) is 132 Å². The molecule has 5 heteroatoms.